The lowest BCUT2D eigenvalue weighted by Crippen LogP contribution is -2.30. The van der Waals surface area contributed by atoms with Crippen molar-refractivity contribution in [2.45, 2.75) is 58.5 Å². The molecule has 0 aliphatic carbocycles. The third kappa shape index (κ3) is 4.38. The van der Waals surface area contributed by atoms with Gasteiger partial charge in [-0.25, -0.2) is 0 Å². The summed E-state index contributed by atoms with van der Waals surface area (Å²) in [5, 5.41) is 11.7. The highest BCUT2D eigenvalue weighted by atomic mass is 16.5. The molecule has 0 bridgehead atoms. The summed E-state index contributed by atoms with van der Waals surface area (Å²) in [6.45, 7) is 5.50. The second kappa shape index (κ2) is 8.14. The van der Waals surface area contributed by atoms with Gasteiger partial charge in [-0.2, -0.15) is 0 Å². The van der Waals surface area contributed by atoms with Crippen LogP contribution in [0, 0.1) is 0 Å². The van der Waals surface area contributed by atoms with Crippen LogP contribution in [0.1, 0.15) is 56.4 Å². The molecule has 1 amide bonds. The maximum atomic E-state index is 12.4. The van der Waals surface area contributed by atoms with Crippen LogP contribution in [0.5, 0.6) is 5.75 Å². The zero-order valence-corrected chi connectivity index (χ0v) is 15.0. The van der Waals surface area contributed by atoms with Crippen LogP contribution in [0.2, 0.25) is 0 Å². The van der Waals surface area contributed by atoms with Crippen molar-refractivity contribution in [2.75, 3.05) is 6.61 Å². The number of aryl methyl sites for hydroxylation is 1. The van der Waals surface area contributed by atoms with Gasteiger partial charge < -0.3 is 14.6 Å². The minimum atomic E-state index is -0.144. The number of nitrogens with zero attached hydrogens (tertiary/aromatic N) is 3. The molecule has 0 radical (unpaired) electrons. The van der Waals surface area contributed by atoms with Gasteiger partial charge in [-0.1, -0.05) is 18.6 Å². The molecule has 1 atom stereocenters. The van der Waals surface area contributed by atoms with E-state index in [9.17, 15) is 4.79 Å². The minimum absolute atomic E-state index is 0.0115. The standard InChI is InChI=1S/C19H26N4O2/c1-3-25-16-10-8-15(9-11-16)13-18(24)20-14(2)19-22-21-17-7-5-4-6-12-23(17)19/h8-11,14H,3-7,12-13H2,1-2H3,(H,20,24)/t14-/m0/s1. The van der Waals surface area contributed by atoms with E-state index in [4.69, 9.17) is 4.74 Å². The van der Waals surface area contributed by atoms with Gasteiger partial charge in [-0.15, -0.1) is 10.2 Å². The predicted molar refractivity (Wildman–Crippen MR) is 95.4 cm³/mol. The Morgan fingerprint density at radius 2 is 2.04 bits per heavy atom. The monoisotopic (exact) mass is 342 g/mol. The van der Waals surface area contributed by atoms with Crippen LogP contribution in [0.3, 0.4) is 0 Å². The number of nitrogens with one attached hydrogen (secondary N) is 1. The average molecular weight is 342 g/mol. The largest absolute Gasteiger partial charge is 0.494 e. The van der Waals surface area contributed by atoms with Crippen molar-refractivity contribution in [1.29, 1.82) is 0 Å². The minimum Gasteiger partial charge on any atom is -0.494 e. The second-order valence-corrected chi connectivity index (χ2v) is 6.48. The molecule has 1 aliphatic rings. The van der Waals surface area contributed by atoms with Crippen LogP contribution < -0.4 is 10.1 Å². The molecule has 3 rings (SSSR count). The number of benzene rings is 1. The number of rotatable bonds is 6. The molecule has 1 aliphatic heterocycles. The number of carbonyl (C=O) groups is 1. The molecule has 25 heavy (non-hydrogen) atoms. The van der Waals surface area contributed by atoms with Crippen molar-refractivity contribution in [3.63, 3.8) is 0 Å². The molecule has 1 aromatic carbocycles. The summed E-state index contributed by atoms with van der Waals surface area (Å²) in [6.07, 6.45) is 4.85. The van der Waals surface area contributed by atoms with E-state index in [0.29, 0.717) is 13.0 Å². The van der Waals surface area contributed by atoms with E-state index >= 15 is 0 Å². The lowest BCUT2D eigenvalue weighted by atomic mass is 10.1. The fourth-order valence-corrected chi connectivity index (χ4v) is 3.24. The molecule has 1 aromatic heterocycles. The van der Waals surface area contributed by atoms with Crippen molar-refractivity contribution in [1.82, 2.24) is 20.1 Å². The third-order valence-corrected chi connectivity index (χ3v) is 4.50. The number of fused-ring (bicyclic) bond motifs is 1. The van der Waals surface area contributed by atoms with Gasteiger partial charge in [0.25, 0.3) is 0 Å². The highest BCUT2D eigenvalue weighted by Gasteiger charge is 2.20. The van der Waals surface area contributed by atoms with E-state index < -0.39 is 0 Å². The molecule has 134 valence electrons. The summed E-state index contributed by atoms with van der Waals surface area (Å²) in [5.74, 6) is 2.71. The Morgan fingerprint density at radius 3 is 2.80 bits per heavy atom. The molecular formula is C19H26N4O2. The van der Waals surface area contributed by atoms with Crippen LogP contribution >= 0.6 is 0 Å². The maximum absolute atomic E-state index is 12.4. The number of ether oxygens (including phenoxy) is 1. The summed E-state index contributed by atoms with van der Waals surface area (Å²) in [7, 11) is 0. The summed E-state index contributed by atoms with van der Waals surface area (Å²) in [4.78, 5) is 12.4. The van der Waals surface area contributed by atoms with Gasteiger partial charge in [-0.3, -0.25) is 4.79 Å². The van der Waals surface area contributed by atoms with Gasteiger partial charge >= 0.3 is 0 Å². The van der Waals surface area contributed by atoms with E-state index in [2.05, 4.69) is 20.1 Å². The number of hydrogen-bond donors (Lipinski definition) is 1. The highest BCUT2D eigenvalue weighted by Crippen LogP contribution is 2.19. The Balaban J connectivity index is 1.60. The van der Waals surface area contributed by atoms with E-state index in [1.54, 1.807) is 0 Å². The van der Waals surface area contributed by atoms with Crippen LogP contribution in [-0.2, 0) is 24.2 Å². The molecule has 6 heteroatoms. The highest BCUT2D eigenvalue weighted by molar-refractivity contribution is 5.78. The maximum Gasteiger partial charge on any atom is 0.224 e. The molecule has 0 unspecified atom stereocenters. The van der Waals surface area contributed by atoms with E-state index in [0.717, 1.165) is 48.8 Å². The number of amides is 1. The van der Waals surface area contributed by atoms with Crippen molar-refractivity contribution in [3.05, 3.63) is 41.5 Å². The first-order chi connectivity index (χ1) is 12.2. The Hall–Kier alpha value is -2.37. The normalized spacial score (nSPS) is 15.1. The van der Waals surface area contributed by atoms with Gasteiger partial charge in [0.15, 0.2) is 5.82 Å². The third-order valence-electron chi connectivity index (χ3n) is 4.50. The Morgan fingerprint density at radius 1 is 1.24 bits per heavy atom. The number of hydrogen-bond acceptors (Lipinski definition) is 4. The molecular weight excluding hydrogens is 316 g/mol. The van der Waals surface area contributed by atoms with E-state index in [1.807, 2.05) is 38.1 Å². The lowest BCUT2D eigenvalue weighted by Gasteiger charge is -2.15. The van der Waals surface area contributed by atoms with Crippen molar-refractivity contribution >= 4 is 5.91 Å². The molecule has 6 nitrogen and oxygen atoms in total. The first-order valence-electron chi connectivity index (χ1n) is 9.10. The molecule has 2 aromatic rings. The molecule has 1 N–H and O–H groups in total. The molecule has 0 saturated carbocycles. The van der Waals surface area contributed by atoms with Crippen LogP contribution in [-0.4, -0.2) is 27.3 Å². The summed E-state index contributed by atoms with van der Waals surface area (Å²) in [6, 6.07) is 7.51. The van der Waals surface area contributed by atoms with Crippen molar-refractivity contribution in [3.8, 4) is 5.75 Å². The first-order valence-corrected chi connectivity index (χ1v) is 9.10. The fourth-order valence-electron chi connectivity index (χ4n) is 3.24. The Labute approximate surface area is 148 Å². The van der Waals surface area contributed by atoms with Gasteiger partial charge in [0.05, 0.1) is 19.1 Å². The fraction of sp³-hybridized carbons (Fsp3) is 0.526. The van der Waals surface area contributed by atoms with Crippen LogP contribution in [0.4, 0.5) is 0 Å². The SMILES string of the molecule is CCOc1ccc(CC(=O)N[C@@H](C)c2nnc3n2CCCCC3)cc1. The number of aromatic nitrogens is 3. The molecule has 0 fully saturated rings. The Bertz CT molecular complexity index is 709. The number of carbonyl (C=O) groups excluding carboxylic acids is 1. The molecule has 2 heterocycles. The van der Waals surface area contributed by atoms with Gasteiger partial charge in [0.2, 0.25) is 5.91 Å². The molecule has 0 saturated heterocycles. The summed E-state index contributed by atoms with van der Waals surface area (Å²) in [5.41, 5.74) is 0.966. The Kier molecular flexibility index (Phi) is 5.68. The van der Waals surface area contributed by atoms with E-state index in [-0.39, 0.29) is 11.9 Å². The zero-order chi connectivity index (χ0) is 17.6. The molecule has 0 spiro atoms. The quantitative estimate of drug-likeness (QED) is 0.876. The zero-order valence-electron chi connectivity index (χ0n) is 15.0. The lowest BCUT2D eigenvalue weighted by molar-refractivity contribution is -0.121. The average Bonchev–Trinajstić information content (AvgIpc) is 2.86. The summed E-state index contributed by atoms with van der Waals surface area (Å²) >= 11 is 0. The van der Waals surface area contributed by atoms with Gasteiger partial charge in [0, 0.05) is 13.0 Å². The van der Waals surface area contributed by atoms with Crippen LogP contribution in [0.15, 0.2) is 24.3 Å². The van der Waals surface area contributed by atoms with Gasteiger partial charge in [-0.05, 0) is 44.4 Å². The van der Waals surface area contributed by atoms with Gasteiger partial charge in [0.1, 0.15) is 11.6 Å². The predicted octanol–water partition coefficient (Wildman–Crippen LogP) is 2.82. The van der Waals surface area contributed by atoms with Crippen molar-refractivity contribution < 1.29 is 9.53 Å². The smallest absolute Gasteiger partial charge is 0.224 e. The second-order valence-electron chi connectivity index (χ2n) is 6.48. The first kappa shape index (κ1) is 17.5. The van der Waals surface area contributed by atoms with E-state index in [1.165, 1.54) is 6.42 Å². The topological polar surface area (TPSA) is 69.0 Å². The van der Waals surface area contributed by atoms with Crippen molar-refractivity contribution in [2.24, 2.45) is 0 Å². The summed E-state index contributed by atoms with van der Waals surface area (Å²) < 4.78 is 7.60. The van der Waals surface area contributed by atoms with Crippen LogP contribution in [0.25, 0.3) is 0 Å².